The zero-order valence-electron chi connectivity index (χ0n) is 15.7. The van der Waals surface area contributed by atoms with E-state index in [1.54, 1.807) is 51.1 Å². The molecule has 0 bridgehead atoms. The van der Waals surface area contributed by atoms with Crippen LogP contribution in [-0.4, -0.2) is 30.3 Å². The lowest BCUT2D eigenvalue weighted by Crippen LogP contribution is -2.27. The number of carbonyl (C=O) groups is 2. The molecule has 0 aliphatic carbocycles. The van der Waals surface area contributed by atoms with Crippen molar-refractivity contribution in [3.05, 3.63) is 63.6 Å². The first-order chi connectivity index (χ1) is 13.1. The van der Waals surface area contributed by atoms with E-state index < -0.39 is 17.5 Å². The molecule has 0 radical (unpaired) electrons. The van der Waals surface area contributed by atoms with Gasteiger partial charge < -0.3 is 9.47 Å². The van der Waals surface area contributed by atoms with Gasteiger partial charge in [-0.05, 0) is 68.8 Å². The zero-order valence-corrected chi connectivity index (χ0v) is 17.2. The number of carbonyl (C=O) groups excluding carboxylic acids is 2. The van der Waals surface area contributed by atoms with Crippen LogP contribution in [0.15, 0.2) is 47.6 Å². The molecule has 2 aromatic rings. The van der Waals surface area contributed by atoms with Crippen molar-refractivity contribution in [2.24, 2.45) is 5.10 Å². The van der Waals surface area contributed by atoms with Crippen molar-refractivity contribution in [1.82, 2.24) is 5.43 Å². The number of nitrogens with one attached hydrogen (secondary N) is 1. The number of ether oxygens (including phenoxy) is 2. The lowest BCUT2D eigenvalue weighted by Gasteiger charge is -2.19. The number of nitrogens with zero attached hydrogens (tertiary/aromatic N) is 1. The van der Waals surface area contributed by atoms with Gasteiger partial charge in [0.2, 0.25) is 0 Å². The Balaban J connectivity index is 1.86. The molecule has 1 amide bonds. The van der Waals surface area contributed by atoms with Crippen LogP contribution in [0, 0.1) is 0 Å². The van der Waals surface area contributed by atoms with E-state index in [4.69, 9.17) is 32.7 Å². The molecule has 0 unspecified atom stereocenters. The molecule has 6 nitrogen and oxygen atoms in total. The van der Waals surface area contributed by atoms with E-state index in [1.807, 2.05) is 0 Å². The maximum absolute atomic E-state index is 12.1. The summed E-state index contributed by atoms with van der Waals surface area (Å²) in [6, 6.07) is 11.4. The van der Waals surface area contributed by atoms with Crippen LogP contribution in [0.5, 0.6) is 5.75 Å². The molecule has 0 saturated heterocycles. The summed E-state index contributed by atoms with van der Waals surface area (Å²) in [4.78, 5) is 23.7. The summed E-state index contributed by atoms with van der Waals surface area (Å²) in [6.07, 6.45) is 1.47. The molecule has 0 fully saturated rings. The highest BCUT2D eigenvalue weighted by molar-refractivity contribution is 6.36. The van der Waals surface area contributed by atoms with E-state index >= 15 is 0 Å². The van der Waals surface area contributed by atoms with Crippen LogP contribution in [0.4, 0.5) is 0 Å². The van der Waals surface area contributed by atoms with E-state index in [2.05, 4.69) is 10.5 Å². The first kappa shape index (κ1) is 21.7. The molecule has 8 heteroatoms. The van der Waals surface area contributed by atoms with E-state index in [0.29, 0.717) is 10.8 Å². The molecular formula is C20H20Cl2N2O4. The van der Waals surface area contributed by atoms with Gasteiger partial charge in [-0.2, -0.15) is 5.10 Å². The third kappa shape index (κ3) is 7.21. The molecule has 0 saturated carbocycles. The fraction of sp³-hybridized carbons (Fsp3) is 0.250. The summed E-state index contributed by atoms with van der Waals surface area (Å²) in [5, 5.41) is 4.58. The molecule has 0 aromatic heterocycles. The highest BCUT2D eigenvalue weighted by Gasteiger charge is 2.16. The van der Waals surface area contributed by atoms with Crippen molar-refractivity contribution < 1.29 is 19.1 Å². The van der Waals surface area contributed by atoms with Crippen LogP contribution < -0.4 is 10.2 Å². The number of esters is 1. The normalized spacial score (nSPS) is 11.3. The third-order valence-electron chi connectivity index (χ3n) is 3.21. The van der Waals surface area contributed by atoms with Gasteiger partial charge in [0, 0.05) is 5.02 Å². The minimum absolute atomic E-state index is 0.178. The highest BCUT2D eigenvalue weighted by Crippen LogP contribution is 2.20. The van der Waals surface area contributed by atoms with Crippen molar-refractivity contribution in [2.45, 2.75) is 26.4 Å². The predicted molar refractivity (Wildman–Crippen MR) is 109 cm³/mol. The zero-order chi connectivity index (χ0) is 20.7. The summed E-state index contributed by atoms with van der Waals surface area (Å²) in [5.41, 5.74) is 2.84. The lowest BCUT2D eigenvalue weighted by molar-refractivity contribution is -0.157. The topological polar surface area (TPSA) is 77.0 Å². The van der Waals surface area contributed by atoms with Crippen molar-refractivity contribution >= 4 is 41.3 Å². The number of amides is 1. The van der Waals surface area contributed by atoms with Crippen LogP contribution in [-0.2, 0) is 9.53 Å². The monoisotopic (exact) mass is 422 g/mol. The Labute approximate surface area is 173 Å². The van der Waals surface area contributed by atoms with Crippen molar-refractivity contribution in [1.29, 1.82) is 0 Å². The smallest absolute Gasteiger partial charge is 0.344 e. The fourth-order valence-electron chi connectivity index (χ4n) is 2.06. The second-order valence-electron chi connectivity index (χ2n) is 6.77. The van der Waals surface area contributed by atoms with Crippen molar-refractivity contribution in [3.8, 4) is 5.75 Å². The van der Waals surface area contributed by atoms with Gasteiger partial charge in [0.1, 0.15) is 11.4 Å². The van der Waals surface area contributed by atoms with Gasteiger partial charge >= 0.3 is 5.97 Å². The van der Waals surface area contributed by atoms with Gasteiger partial charge in [-0.25, -0.2) is 10.2 Å². The second-order valence-corrected chi connectivity index (χ2v) is 7.61. The van der Waals surface area contributed by atoms with Crippen molar-refractivity contribution in [2.75, 3.05) is 6.61 Å². The van der Waals surface area contributed by atoms with Crippen LogP contribution in [0.1, 0.15) is 36.7 Å². The van der Waals surface area contributed by atoms with E-state index in [9.17, 15) is 9.59 Å². The number of hydrogen-bond donors (Lipinski definition) is 1. The van der Waals surface area contributed by atoms with Crippen LogP contribution in [0.3, 0.4) is 0 Å². The third-order valence-corrected chi connectivity index (χ3v) is 3.76. The molecular weight excluding hydrogens is 403 g/mol. The standard InChI is InChI=1S/C20H20Cl2N2O4/c1-20(2,3)28-18(25)12-27-15-7-4-13(5-8-15)11-23-24-19(26)16-9-6-14(21)10-17(16)22/h4-11H,12H2,1-3H3,(H,24,26)/b23-11-. The van der Waals surface area contributed by atoms with Gasteiger partial charge in [-0.3, -0.25) is 4.79 Å². The molecule has 28 heavy (non-hydrogen) atoms. The summed E-state index contributed by atoms with van der Waals surface area (Å²) < 4.78 is 10.5. The average Bonchev–Trinajstić information content (AvgIpc) is 2.59. The molecule has 0 heterocycles. The number of benzene rings is 2. The van der Waals surface area contributed by atoms with Gasteiger partial charge in [-0.1, -0.05) is 23.2 Å². The maximum Gasteiger partial charge on any atom is 0.344 e. The molecule has 0 atom stereocenters. The number of hydrazone groups is 1. The van der Waals surface area contributed by atoms with Crippen LogP contribution in [0.2, 0.25) is 10.0 Å². The summed E-state index contributed by atoms with van der Waals surface area (Å²) in [5.74, 6) is -0.378. The Morgan fingerprint density at radius 1 is 1.11 bits per heavy atom. The van der Waals surface area contributed by atoms with Gasteiger partial charge in [0.15, 0.2) is 6.61 Å². The minimum atomic E-state index is -0.554. The Hall–Kier alpha value is -2.57. The molecule has 148 valence electrons. The van der Waals surface area contributed by atoms with E-state index in [1.165, 1.54) is 18.3 Å². The van der Waals surface area contributed by atoms with Crippen LogP contribution >= 0.6 is 23.2 Å². The number of rotatable bonds is 6. The second kappa shape index (κ2) is 9.57. The fourth-order valence-corrected chi connectivity index (χ4v) is 2.56. The maximum atomic E-state index is 12.1. The molecule has 0 spiro atoms. The van der Waals surface area contributed by atoms with Crippen LogP contribution in [0.25, 0.3) is 0 Å². The first-order valence-electron chi connectivity index (χ1n) is 8.37. The summed E-state index contributed by atoms with van der Waals surface area (Å²) in [6.45, 7) is 5.19. The number of hydrogen-bond acceptors (Lipinski definition) is 5. The Morgan fingerprint density at radius 2 is 1.79 bits per heavy atom. The molecule has 0 aliphatic rings. The Morgan fingerprint density at radius 3 is 2.39 bits per heavy atom. The lowest BCUT2D eigenvalue weighted by atomic mass is 10.2. The average molecular weight is 423 g/mol. The van der Waals surface area contributed by atoms with E-state index in [-0.39, 0.29) is 17.2 Å². The molecule has 2 rings (SSSR count). The minimum Gasteiger partial charge on any atom is -0.482 e. The summed E-state index contributed by atoms with van der Waals surface area (Å²) in [7, 11) is 0. The Bertz CT molecular complexity index is 875. The highest BCUT2D eigenvalue weighted by atomic mass is 35.5. The summed E-state index contributed by atoms with van der Waals surface area (Å²) >= 11 is 11.8. The first-order valence-corrected chi connectivity index (χ1v) is 9.13. The molecule has 2 aromatic carbocycles. The number of halogens is 2. The SMILES string of the molecule is CC(C)(C)OC(=O)COc1ccc(/C=N\NC(=O)c2ccc(Cl)cc2Cl)cc1. The van der Waals surface area contributed by atoms with Crippen molar-refractivity contribution in [3.63, 3.8) is 0 Å². The Kier molecular flexibility index (Phi) is 7.43. The predicted octanol–water partition coefficient (Wildman–Crippen LogP) is 4.48. The van der Waals surface area contributed by atoms with Gasteiger partial charge in [-0.15, -0.1) is 0 Å². The largest absolute Gasteiger partial charge is 0.482 e. The molecule has 0 aliphatic heterocycles. The van der Waals surface area contributed by atoms with E-state index in [0.717, 1.165) is 5.56 Å². The molecule has 1 N–H and O–H groups in total. The quantitative estimate of drug-likeness (QED) is 0.422. The van der Waals surface area contributed by atoms with Gasteiger partial charge in [0.05, 0.1) is 16.8 Å². The van der Waals surface area contributed by atoms with Gasteiger partial charge in [0.25, 0.3) is 5.91 Å².